The Labute approximate surface area is 132 Å². The molecular weight excluding hydrogens is 371 g/mol. The van der Waals surface area contributed by atoms with E-state index in [1.807, 2.05) is 0 Å². The van der Waals surface area contributed by atoms with Crippen LogP contribution in [0, 0.1) is 5.82 Å². The van der Waals surface area contributed by atoms with Crippen molar-refractivity contribution in [3.8, 4) is 0 Å². The molecule has 1 aliphatic rings. The molecule has 0 radical (unpaired) electrons. The lowest BCUT2D eigenvalue weighted by Crippen LogP contribution is -2.40. The summed E-state index contributed by atoms with van der Waals surface area (Å²) in [7, 11) is -3.83. The summed E-state index contributed by atoms with van der Waals surface area (Å²) >= 11 is 2.99. The number of nitrogens with one attached hydrogen (secondary N) is 1. The van der Waals surface area contributed by atoms with Crippen LogP contribution in [-0.4, -0.2) is 20.5 Å². The van der Waals surface area contributed by atoms with Gasteiger partial charge in [0.1, 0.15) is 4.90 Å². The number of halogens is 3. The molecule has 1 aliphatic carbocycles. The Morgan fingerprint density at radius 3 is 2.45 bits per heavy atom. The second-order valence-corrected chi connectivity index (χ2v) is 7.32. The van der Waals surface area contributed by atoms with Gasteiger partial charge in [-0.15, -0.1) is 12.4 Å². The quantitative estimate of drug-likeness (QED) is 0.837. The highest BCUT2D eigenvalue weighted by atomic mass is 79.9. The first-order valence-corrected chi connectivity index (χ1v) is 8.39. The van der Waals surface area contributed by atoms with E-state index in [1.165, 1.54) is 18.2 Å². The van der Waals surface area contributed by atoms with Crippen molar-refractivity contribution in [2.75, 3.05) is 0 Å². The van der Waals surface area contributed by atoms with Gasteiger partial charge in [-0.25, -0.2) is 17.5 Å². The Balaban J connectivity index is 0.00000200. The van der Waals surface area contributed by atoms with Gasteiger partial charge in [-0.1, -0.05) is 6.07 Å². The minimum atomic E-state index is -3.83. The van der Waals surface area contributed by atoms with Crippen LogP contribution in [0.5, 0.6) is 0 Å². The molecule has 114 valence electrons. The third-order valence-electron chi connectivity index (χ3n) is 3.30. The highest BCUT2D eigenvalue weighted by Crippen LogP contribution is 2.24. The largest absolute Gasteiger partial charge is 0.328 e. The molecule has 0 atom stereocenters. The maximum atomic E-state index is 13.8. The van der Waals surface area contributed by atoms with E-state index in [0.717, 1.165) is 12.8 Å². The minimum Gasteiger partial charge on any atom is -0.328 e. The van der Waals surface area contributed by atoms with Crippen molar-refractivity contribution in [1.82, 2.24) is 4.72 Å². The average molecular weight is 388 g/mol. The SMILES string of the molecule is Cl.NC1CCC(NS(=O)(=O)c2cccc(Br)c2F)CC1. The summed E-state index contributed by atoms with van der Waals surface area (Å²) in [5.41, 5.74) is 5.77. The molecule has 4 nitrogen and oxygen atoms in total. The first-order valence-electron chi connectivity index (χ1n) is 6.12. The Kier molecular flexibility index (Phi) is 6.40. The van der Waals surface area contributed by atoms with Crippen LogP contribution in [0.3, 0.4) is 0 Å². The average Bonchev–Trinajstić information content (AvgIpc) is 2.35. The van der Waals surface area contributed by atoms with Crippen LogP contribution in [0.25, 0.3) is 0 Å². The fourth-order valence-corrected chi connectivity index (χ4v) is 4.11. The van der Waals surface area contributed by atoms with Gasteiger partial charge in [0.15, 0.2) is 5.82 Å². The molecule has 0 aliphatic heterocycles. The smallest absolute Gasteiger partial charge is 0.243 e. The fourth-order valence-electron chi connectivity index (χ4n) is 2.21. The topological polar surface area (TPSA) is 72.2 Å². The maximum absolute atomic E-state index is 13.8. The van der Waals surface area contributed by atoms with E-state index in [9.17, 15) is 12.8 Å². The van der Waals surface area contributed by atoms with Gasteiger partial charge in [-0.05, 0) is 53.7 Å². The van der Waals surface area contributed by atoms with Crippen LogP contribution in [0.2, 0.25) is 0 Å². The molecule has 3 N–H and O–H groups in total. The molecule has 0 spiro atoms. The van der Waals surface area contributed by atoms with Gasteiger partial charge in [0.2, 0.25) is 10.0 Å². The number of benzene rings is 1. The van der Waals surface area contributed by atoms with E-state index >= 15 is 0 Å². The molecule has 1 aromatic carbocycles. The maximum Gasteiger partial charge on any atom is 0.243 e. The van der Waals surface area contributed by atoms with Gasteiger partial charge in [0, 0.05) is 12.1 Å². The molecule has 0 heterocycles. The molecule has 20 heavy (non-hydrogen) atoms. The summed E-state index contributed by atoms with van der Waals surface area (Å²) in [4.78, 5) is -0.322. The van der Waals surface area contributed by atoms with Crippen molar-refractivity contribution in [1.29, 1.82) is 0 Å². The Morgan fingerprint density at radius 2 is 1.85 bits per heavy atom. The number of nitrogens with two attached hydrogens (primary N) is 1. The lowest BCUT2D eigenvalue weighted by molar-refractivity contribution is 0.373. The summed E-state index contributed by atoms with van der Waals surface area (Å²) in [5, 5.41) is 0. The zero-order valence-electron chi connectivity index (χ0n) is 10.7. The monoisotopic (exact) mass is 386 g/mol. The van der Waals surface area contributed by atoms with Crippen molar-refractivity contribution in [3.63, 3.8) is 0 Å². The van der Waals surface area contributed by atoms with E-state index in [4.69, 9.17) is 5.73 Å². The molecule has 8 heteroatoms. The van der Waals surface area contributed by atoms with Crippen LogP contribution in [0.1, 0.15) is 25.7 Å². The van der Waals surface area contributed by atoms with Gasteiger partial charge in [0.25, 0.3) is 0 Å². The summed E-state index contributed by atoms with van der Waals surface area (Å²) in [6.45, 7) is 0. The number of rotatable bonds is 3. The zero-order chi connectivity index (χ0) is 14.0. The second kappa shape index (κ2) is 7.17. The number of sulfonamides is 1. The fraction of sp³-hybridized carbons (Fsp3) is 0.500. The molecule has 1 saturated carbocycles. The first-order chi connectivity index (χ1) is 8.90. The van der Waals surface area contributed by atoms with E-state index in [2.05, 4.69) is 20.7 Å². The lowest BCUT2D eigenvalue weighted by Gasteiger charge is -2.26. The van der Waals surface area contributed by atoms with E-state index in [-0.39, 0.29) is 33.9 Å². The predicted molar refractivity (Wildman–Crippen MR) is 81.9 cm³/mol. The lowest BCUT2D eigenvalue weighted by atomic mass is 9.93. The molecule has 1 fully saturated rings. The molecule has 1 aromatic rings. The Hall–Kier alpha value is -0.210. The Bertz CT molecular complexity index is 563. The highest BCUT2D eigenvalue weighted by molar-refractivity contribution is 9.10. The number of hydrogen-bond acceptors (Lipinski definition) is 3. The van der Waals surface area contributed by atoms with Crippen molar-refractivity contribution in [2.45, 2.75) is 42.7 Å². The highest BCUT2D eigenvalue weighted by Gasteiger charge is 2.26. The molecule has 0 amide bonds. The van der Waals surface area contributed by atoms with Crippen LogP contribution >= 0.6 is 28.3 Å². The van der Waals surface area contributed by atoms with Gasteiger partial charge in [-0.3, -0.25) is 0 Å². The molecular formula is C12H17BrClFN2O2S. The molecule has 0 aromatic heterocycles. The summed E-state index contributed by atoms with van der Waals surface area (Å²) < 4.78 is 40.8. The third-order valence-corrected chi connectivity index (χ3v) is 5.45. The van der Waals surface area contributed by atoms with Gasteiger partial charge >= 0.3 is 0 Å². The van der Waals surface area contributed by atoms with Gasteiger partial charge < -0.3 is 5.73 Å². The third kappa shape index (κ3) is 4.14. The van der Waals surface area contributed by atoms with Crippen molar-refractivity contribution >= 4 is 38.4 Å². The van der Waals surface area contributed by atoms with E-state index in [0.29, 0.717) is 12.8 Å². The van der Waals surface area contributed by atoms with Crippen molar-refractivity contribution < 1.29 is 12.8 Å². The number of hydrogen-bond donors (Lipinski definition) is 2. The van der Waals surface area contributed by atoms with E-state index < -0.39 is 15.8 Å². The normalized spacial score (nSPS) is 23.1. The van der Waals surface area contributed by atoms with Crippen LogP contribution in [-0.2, 0) is 10.0 Å². The first kappa shape index (κ1) is 17.8. The van der Waals surface area contributed by atoms with Crippen LogP contribution < -0.4 is 10.5 Å². The van der Waals surface area contributed by atoms with Crippen molar-refractivity contribution in [2.24, 2.45) is 5.73 Å². The molecule has 2 rings (SSSR count). The van der Waals surface area contributed by atoms with Gasteiger partial charge in [-0.2, -0.15) is 0 Å². The summed E-state index contributed by atoms with van der Waals surface area (Å²) in [6.07, 6.45) is 2.95. The van der Waals surface area contributed by atoms with Crippen LogP contribution in [0.15, 0.2) is 27.6 Å². The molecule has 0 unspecified atom stereocenters. The minimum absolute atomic E-state index is 0. The summed E-state index contributed by atoms with van der Waals surface area (Å²) in [6, 6.07) is 4.20. The Morgan fingerprint density at radius 1 is 1.25 bits per heavy atom. The van der Waals surface area contributed by atoms with Crippen molar-refractivity contribution in [3.05, 3.63) is 28.5 Å². The summed E-state index contributed by atoms with van der Waals surface area (Å²) in [5.74, 6) is -0.762. The van der Waals surface area contributed by atoms with E-state index in [1.54, 1.807) is 0 Å². The van der Waals surface area contributed by atoms with Crippen LogP contribution in [0.4, 0.5) is 4.39 Å². The standard InChI is InChI=1S/C12H16BrFN2O2S.ClH/c13-10-2-1-3-11(12(10)14)19(17,18)16-9-6-4-8(15)5-7-9;/h1-3,8-9,16H,4-7,15H2;1H. The zero-order valence-corrected chi connectivity index (χ0v) is 13.9. The molecule has 0 bridgehead atoms. The molecule has 0 saturated heterocycles. The predicted octanol–water partition coefficient (Wildman–Crippen LogP) is 2.56. The van der Waals surface area contributed by atoms with Gasteiger partial charge in [0.05, 0.1) is 4.47 Å². The second-order valence-electron chi connectivity index (χ2n) is 4.78.